The fourth-order valence-corrected chi connectivity index (χ4v) is 2.95. The van der Waals surface area contributed by atoms with Crippen molar-refractivity contribution in [3.8, 4) is 0 Å². The lowest BCUT2D eigenvalue weighted by atomic mass is 10.2. The number of rotatable bonds is 6. The number of sulfonamides is 1. The summed E-state index contributed by atoms with van der Waals surface area (Å²) in [7, 11) is -3.34. The minimum absolute atomic E-state index is 0.0200. The molecule has 0 aromatic carbocycles. The fourth-order valence-electron chi connectivity index (χ4n) is 1.68. The van der Waals surface area contributed by atoms with Gasteiger partial charge in [-0.1, -0.05) is 6.07 Å². The highest BCUT2D eigenvalue weighted by Gasteiger charge is 2.16. The average Bonchev–Trinajstić information content (AvgIpc) is 2.91. The van der Waals surface area contributed by atoms with E-state index in [1.165, 1.54) is 0 Å². The van der Waals surface area contributed by atoms with Gasteiger partial charge in [0.25, 0.3) is 0 Å². The van der Waals surface area contributed by atoms with Gasteiger partial charge in [-0.3, -0.25) is 10.1 Å². The third kappa shape index (κ3) is 4.15. The summed E-state index contributed by atoms with van der Waals surface area (Å²) in [6, 6.07) is 5.16. The molecule has 2 N–H and O–H groups in total. The van der Waals surface area contributed by atoms with Crippen molar-refractivity contribution in [1.82, 2.24) is 19.9 Å². The number of pyridine rings is 1. The van der Waals surface area contributed by atoms with Gasteiger partial charge in [-0.05, 0) is 19.1 Å². The Balaban J connectivity index is 1.92. The number of aromatic nitrogens is 3. The van der Waals surface area contributed by atoms with Crippen molar-refractivity contribution >= 4 is 10.0 Å². The van der Waals surface area contributed by atoms with Gasteiger partial charge in [0.2, 0.25) is 10.0 Å². The standard InChI is InChI=1S/C12H16N4O2S/c1-10(11-8-14-15-9-11)16-19(17,18)7-5-12-4-2-3-6-13-12/h2-4,6,8-10,16H,5,7H2,1H3,(H,14,15). The summed E-state index contributed by atoms with van der Waals surface area (Å²) in [6.07, 6.45) is 5.33. The largest absolute Gasteiger partial charge is 0.285 e. The van der Waals surface area contributed by atoms with Crippen molar-refractivity contribution in [2.24, 2.45) is 0 Å². The number of hydrogen-bond donors (Lipinski definition) is 2. The van der Waals surface area contributed by atoms with Crippen LogP contribution in [0.1, 0.15) is 24.2 Å². The highest BCUT2D eigenvalue weighted by atomic mass is 32.2. The van der Waals surface area contributed by atoms with E-state index in [9.17, 15) is 8.42 Å². The molecule has 0 bridgehead atoms. The van der Waals surface area contributed by atoms with E-state index in [1.54, 1.807) is 31.6 Å². The lowest BCUT2D eigenvalue weighted by Gasteiger charge is -2.12. The van der Waals surface area contributed by atoms with Crippen molar-refractivity contribution in [2.45, 2.75) is 19.4 Å². The second-order valence-corrected chi connectivity index (χ2v) is 6.13. The smallest absolute Gasteiger partial charge is 0.212 e. The summed E-state index contributed by atoms with van der Waals surface area (Å²) >= 11 is 0. The van der Waals surface area contributed by atoms with Gasteiger partial charge in [0.05, 0.1) is 11.9 Å². The molecule has 0 fully saturated rings. The summed E-state index contributed by atoms with van der Waals surface area (Å²) in [5.41, 5.74) is 1.57. The zero-order chi connectivity index (χ0) is 13.7. The maximum absolute atomic E-state index is 11.9. The molecule has 7 heteroatoms. The summed E-state index contributed by atoms with van der Waals surface area (Å²) in [5.74, 6) is 0.0200. The predicted molar refractivity (Wildman–Crippen MR) is 71.9 cm³/mol. The fraction of sp³-hybridized carbons (Fsp3) is 0.333. The Hall–Kier alpha value is -1.73. The highest BCUT2D eigenvalue weighted by Crippen LogP contribution is 2.11. The maximum atomic E-state index is 11.9. The molecule has 2 heterocycles. The molecule has 0 radical (unpaired) electrons. The summed E-state index contributed by atoms with van der Waals surface area (Å²) in [6.45, 7) is 1.78. The maximum Gasteiger partial charge on any atom is 0.212 e. The predicted octanol–water partition coefficient (Wildman–Crippen LogP) is 1.03. The van der Waals surface area contributed by atoms with Gasteiger partial charge in [0.1, 0.15) is 0 Å². The second kappa shape index (κ2) is 5.94. The van der Waals surface area contributed by atoms with Crippen LogP contribution in [0.2, 0.25) is 0 Å². The van der Waals surface area contributed by atoms with Crippen LogP contribution in [0.25, 0.3) is 0 Å². The Morgan fingerprint density at radius 2 is 2.26 bits per heavy atom. The first-order chi connectivity index (χ1) is 9.07. The van der Waals surface area contributed by atoms with Crippen LogP contribution in [0.4, 0.5) is 0 Å². The number of nitrogens with one attached hydrogen (secondary N) is 2. The minimum Gasteiger partial charge on any atom is -0.285 e. The number of aryl methyl sites for hydroxylation is 1. The van der Waals surface area contributed by atoms with Crippen LogP contribution in [-0.4, -0.2) is 29.4 Å². The molecule has 0 aliphatic rings. The van der Waals surface area contributed by atoms with E-state index in [0.29, 0.717) is 6.42 Å². The molecule has 0 amide bonds. The molecule has 102 valence electrons. The molecular weight excluding hydrogens is 264 g/mol. The second-order valence-electron chi connectivity index (χ2n) is 4.26. The van der Waals surface area contributed by atoms with Crippen LogP contribution in [0.3, 0.4) is 0 Å². The number of nitrogens with zero attached hydrogens (tertiary/aromatic N) is 2. The van der Waals surface area contributed by atoms with Gasteiger partial charge < -0.3 is 0 Å². The van der Waals surface area contributed by atoms with Gasteiger partial charge in [0.15, 0.2) is 0 Å². The Labute approximate surface area is 112 Å². The van der Waals surface area contributed by atoms with E-state index in [2.05, 4.69) is 19.9 Å². The topological polar surface area (TPSA) is 87.7 Å². The number of aromatic amines is 1. The third-order valence-corrected chi connectivity index (χ3v) is 4.18. The molecule has 0 spiro atoms. The number of hydrogen-bond acceptors (Lipinski definition) is 4. The molecule has 0 saturated carbocycles. The van der Waals surface area contributed by atoms with Crippen LogP contribution < -0.4 is 4.72 Å². The Bertz CT molecular complexity index is 596. The normalized spacial score (nSPS) is 13.3. The first-order valence-electron chi connectivity index (χ1n) is 5.95. The molecule has 1 unspecified atom stereocenters. The monoisotopic (exact) mass is 280 g/mol. The van der Waals surface area contributed by atoms with E-state index < -0.39 is 10.0 Å². The van der Waals surface area contributed by atoms with Gasteiger partial charge in [0, 0.05) is 36.1 Å². The summed E-state index contributed by atoms with van der Waals surface area (Å²) < 4.78 is 26.5. The first-order valence-corrected chi connectivity index (χ1v) is 7.60. The van der Waals surface area contributed by atoms with Crippen LogP contribution in [0.5, 0.6) is 0 Å². The van der Waals surface area contributed by atoms with E-state index in [4.69, 9.17) is 0 Å². The Morgan fingerprint density at radius 3 is 2.89 bits per heavy atom. The molecule has 19 heavy (non-hydrogen) atoms. The Kier molecular flexibility index (Phi) is 4.28. The van der Waals surface area contributed by atoms with Crippen LogP contribution in [0, 0.1) is 0 Å². The van der Waals surface area contributed by atoms with Gasteiger partial charge >= 0.3 is 0 Å². The van der Waals surface area contributed by atoms with Crippen LogP contribution in [0.15, 0.2) is 36.8 Å². The number of H-pyrrole nitrogens is 1. The minimum atomic E-state index is -3.34. The van der Waals surface area contributed by atoms with Crippen molar-refractivity contribution in [3.63, 3.8) is 0 Å². The van der Waals surface area contributed by atoms with Crippen LogP contribution >= 0.6 is 0 Å². The van der Waals surface area contributed by atoms with E-state index in [-0.39, 0.29) is 11.8 Å². The molecule has 0 aliphatic carbocycles. The highest BCUT2D eigenvalue weighted by molar-refractivity contribution is 7.89. The molecule has 0 saturated heterocycles. The Morgan fingerprint density at radius 1 is 1.42 bits per heavy atom. The van der Waals surface area contributed by atoms with Crippen LogP contribution in [-0.2, 0) is 16.4 Å². The van der Waals surface area contributed by atoms with E-state index >= 15 is 0 Å². The summed E-state index contributed by atoms with van der Waals surface area (Å²) in [4.78, 5) is 4.10. The summed E-state index contributed by atoms with van der Waals surface area (Å²) in [5, 5.41) is 6.46. The zero-order valence-electron chi connectivity index (χ0n) is 10.6. The molecule has 2 aromatic heterocycles. The molecule has 1 atom stereocenters. The SMILES string of the molecule is CC(NS(=O)(=O)CCc1ccccn1)c1cn[nH]c1. The van der Waals surface area contributed by atoms with Crippen molar-refractivity contribution in [1.29, 1.82) is 0 Å². The lowest BCUT2D eigenvalue weighted by molar-refractivity contribution is 0.566. The molecule has 6 nitrogen and oxygen atoms in total. The molecular formula is C12H16N4O2S. The lowest BCUT2D eigenvalue weighted by Crippen LogP contribution is -2.29. The van der Waals surface area contributed by atoms with Gasteiger partial charge in [-0.25, -0.2) is 13.1 Å². The molecule has 0 aliphatic heterocycles. The molecule has 2 rings (SSSR count). The van der Waals surface area contributed by atoms with Gasteiger partial charge in [-0.2, -0.15) is 5.10 Å². The van der Waals surface area contributed by atoms with Crippen molar-refractivity contribution in [2.75, 3.05) is 5.75 Å². The van der Waals surface area contributed by atoms with E-state index in [1.807, 2.05) is 12.1 Å². The van der Waals surface area contributed by atoms with Crippen molar-refractivity contribution in [3.05, 3.63) is 48.0 Å². The van der Waals surface area contributed by atoms with Crippen molar-refractivity contribution < 1.29 is 8.42 Å². The average molecular weight is 280 g/mol. The first kappa shape index (κ1) is 13.7. The van der Waals surface area contributed by atoms with Gasteiger partial charge in [-0.15, -0.1) is 0 Å². The van der Waals surface area contributed by atoms with E-state index in [0.717, 1.165) is 11.3 Å². The molecule has 2 aromatic rings. The zero-order valence-corrected chi connectivity index (χ0v) is 11.4. The third-order valence-electron chi connectivity index (χ3n) is 2.73. The quantitative estimate of drug-likeness (QED) is 0.827.